The highest BCUT2D eigenvalue weighted by Crippen LogP contribution is 2.53. The molecule has 3 nitrogen and oxygen atoms in total. The summed E-state index contributed by atoms with van der Waals surface area (Å²) in [6, 6.07) is 4.09. The van der Waals surface area contributed by atoms with Crippen molar-refractivity contribution in [1.29, 1.82) is 0 Å². The van der Waals surface area contributed by atoms with Crippen LogP contribution in [-0.4, -0.2) is 23.7 Å². The van der Waals surface area contributed by atoms with Gasteiger partial charge in [-0.05, 0) is 24.5 Å². The number of pyridine rings is 1. The van der Waals surface area contributed by atoms with Gasteiger partial charge in [-0.25, -0.2) is 0 Å². The fourth-order valence-corrected chi connectivity index (χ4v) is 2.31. The molecule has 14 heavy (non-hydrogen) atoms. The van der Waals surface area contributed by atoms with Gasteiger partial charge < -0.3 is 10.5 Å². The molecule has 0 bridgehead atoms. The van der Waals surface area contributed by atoms with Gasteiger partial charge in [-0.15, -0.1) is 0 Å². The maximum atomic E-state index is 6.31. The molecule has 1 saturated carbocycles. The van der Waals surface area contributed by atoms with Gasteiger partial charge in [-0.3, -0.25) is 4.98 Å². The van der Waals surface area contributed by atoms with Crippen LogP contribution in [0.2, 0.25) is 0 Å². The molecule has 1 aliphatic heterocycles. The Kier molecular flexibility index (Phi) is 1.53. The highest BCUT2D eigenvalue weighted by molar-refractivity contribution is 5.35. The number of aromatic nitrogens is 1. The molecule has 0 radical (unpaired) electrons. The lowest BCUT2D eigenvalue weighted by atomic mass is 9.71. The molecule has 2 fully saturated rings. The lowest BCUT2D eigenvalue weighted by Gasteiger charge is -2.46. The highest BCUT2D eigenvalue weighted by atomic mass is 16.5. The zero-order valence-electron chi connectivity index (χ0n) is 8.07. The molecule has 1 aromatic rings. The number of ether oxygens (including phenoxy) is 1. The second kappa shape index (κ2) is 2.55. The minimum Gasteiger partial charge on any atom is -0.379 e. The van der Waals surface area contributed by atoms with Crippen molar-refractivity contribution in [1.82, 2.24) is 4.98 Å². The molecule has 2 aliphatic rings. The SMILES string of the molecule is NC1(C2(c3cccnc3)COC2)CC1. The Morgan fingerprint density at radius 2 is 2.14 bits per heavy atom. The standard InChI is InChI=1S/C11H14N2O/c12-11(3-4-11)10(7-14-8-10)9-2-1-5-13-6-9/h1-2,5-6H,3-4,7-8,12H2. The molecule has 0 aromatic carbocycles. The first kappa shape index (κ1) is 8.38. The highest BCUT2D eigenvalue weighted by Gasteiger charge is 2.61. The topological polar surface area (TPSA) is 48.1 Å². The second-order valence-electron chi connectivity index (χ2n) is 4.47. The van der Waals surface area contributed by atoms with Crippen LogP contribution in [0.25, 0.3) is 0 Å². The van der Waals surface area contributed by atoms with Crippen LogP contribution in [-0.2, 0) is 10.2 Å². The van der Waals surface area contributed by atoms with Gasteiger partial charge in [-0.2, -0.15) is 0 Å². The third kappa shape index (κ3) is 0.913. The summed E-state index contributed by atoms with van der Waals surface area (Å²) in [7, 11) is 0. The summed E-state index contributed by atoms with van der Waals surface area (Å²) in [5.74, 6) is 0. The van der Waals surface area contributed by atoms with Crippen LogP contribution < -0.4 is 5.73 Å². The molecule has 2 heterocycles. The Balaban J connectivity index is 2.02. The number of rotatable bonds is 2. The first-order valence-electron chi connectivity index (χ1n) is 5.04. The van der Waals surface area contributed by atoms with Crippen molar-refractivity contribution in [2.24, 2.45) is 5.73 Å². The molecule has 3 rings (SSSR count). The van der Waals surface area contributed by atoms with E-state index in [1.54, 1.807) is 6.20 Å². The van der Waals surface area contributed by atoms with Crippen LogP contribution >= 0.6 is 0 Å². The lowest BCUT2D eigenvalue weighted by molar-refractivity contribution is -0.0787. The van der Waals surface area contributed by atoms with E-state index in [-0.39, 0.29) is 11.0 Å². The summed E-state index contributed by atoms with van der Waals surface area (Å²) in [5, 5.41) is 0. The predicted octanol–water partition coefficient (Wildman–Crippen LogP) is 0.841. The van der Waals surface area contributed by atoms with E-state index in [1.807, 2.05) is 12.3 Å². The molecule has 1 aliphatic carbocycles. The first-order chi connectivity index (χ1) is 6.77. The van der Waals surface area contributed by atoms with Gasteiger partial charge in [-0.1, -0.05) is 6.07 Å². The Morgan fingerprint density at radius 1 is 1.36 bits per heavy atom. The van der Waals surface area contributed by atoms with E-state index in [4.69, 9.17) is 10.5 Å². The molecule has 0 amide bonds. The van der Waals surface area contributed by atoms with Crippen molar-refractivity contribution in [2.75, 3.05) is 13.2 Å². The van der Waals surface area contributed by atoms with Crippen molar-refractivity contribution < 1.29 is 4.74 Å². The van der Waals surface area contributed by atoms with Crippen molar-refractivity contribution in [3.8, 4) is 0 Å². The average Bonchev–Trinajstić information content (AvgIpc) is 2.84. The Hall–Kier alpha value is -0.930. The third-order valence-corrected chi connectivity index (χ3v) is 3.65. The van der Waals surface area contributed by atoms with Crippen molar-refractivity contribution in [3.05, 3.63) is 30.1 Å². The summed E-state index contributed by atoms with van der Waals surface area (Å²) in [4.78, 5) is 4.16. The predicted molar refractivity (Wildman–Crippen MR) is 52.9 cm³/mol. The quantitative estimate of drug-likeness (QED) is 0.751. The summed E-state index contributed by atoms with van der Waals surface area (Å²) >= 11 is 0. The third-order valence-electron chi connectivity index (χ3n) is 3.65. The average molecular weight is 190 g/mol. The van der Waals surface area contributed by atoms with Crippen LogP contribution in [0.4, 0.5) is 0 Å². The largest absolute Gasteiger partial charge is 0.379 e. The van der Waals surface area contributed by atoms with Gasteiger partial charge in [0.05, 0.1) is 18.6 Å². The maximum Gasteiger partial charge on any atom is 0.0614 e. The smallest absolute Gasteiger partial charge is 0.0614 e. The minimum absolute atomic E-state index is 0.0196. The minimum atomic E-state index is -0.0196. The van der Waals surface area contributed by atoms with Crippen LogP contribution in [0.15, 0.2) is 24.5 Å². The fourth-order valence-electron chi connectivity index (χ4n) is 2.31. The van der Waals surface area contributed by atoms with Crippen LogP contribution in [0.3, 0.4) is 0 Å². The van der Waals surface area contributed by atoms with E-state index in [9.17, 15) is 0 Å². The zero-order chi connectivity index (χ0) is 9.65. The molecule has 0 unspecified atom stereocenters. The van der Waals surface area contributed by atoms with Gasteiger partial charge in [0, 0.05) is 17.9 Å². The van der Waals surface area contributed by atoms with Crippen molar-refractivity contribution in [3.63, 3.8) is 0 Å². The van der Waals surface area contributed by atoms with E-state index in [0.29, 0.717) is 0 Å². The number of nitrogens with two attached hydrogens (primary N) is 1. The zero-order valence-corrected chi connectivity index (χ0v) is 8.07. The molecule has 2 N–H and O–H groups in total. The Bertz CT molecular complexity index is 342. The number of hydrogen-bond acceptors (Lipinski definition) is 3. The number of nitrogens with zero attached hydrogens (tertiary/aromatic N) is 1. The van der Waals surface area contributed by atoms with Gasteiger partial charge in [0.25, 0.3) is 0 Å². The van der Waals surface area contributed by atoms with E-state index >= 15 is 0 Å². The summed E-state index contributed by atoms with van der Waals surface area (Å²) < 4.78 is 5.35. The molecule has 3 heteroatoms. The molecular weight excluding hydrogens is 176 g/mol. The monoisotopic (exact) mass is 190 g/mol. The normalized spacial score (nSPS) is 26.6. The fraction of sp³-hybridized carbons (Fsp3) is 0.545. The lowest BCUT2D eigenvalue weighted by Crippen LogP contribution is -2.60. The van der Waals surface area contributed by atoms with E-state index < -0.39 is 0 Å². The van der Waals surface area contributed by atoms with E-state index in [0.717, 1.165) is 26.1 Å². The van der Waals surface area contributed by atoms with Gasteiger partial charge in [0.2, 0.25) is 0 Å². The van der Waals surface area contributed by atoms with Crippen LogP contribution in [0.1, 0.15) is 18.4 Å². The molecule has 1 saturated heterocycles. The number of hydrogen-bond donors (Lipinski definition) is 1. The summed E-state index contributed by atoms with van der Waals surface area (Å²) in [6.07, 6.45) is 5.96. The van der Waals surface area contributed by atoms with Crippen molar-refractivity contribution >= 4 is 0 Å². The Labute approximate surface area is 83.3 Å². The first-order valence-corrected chi connectivity index (χ1v) is 5.04. The molecule has 0 atom stereocenters. The molecular formula is C11H14N2O. The molecule has 1 aromatic heterocycles. The van der Waals surface area contributed by atoms with E-state index in [2.05, 4.69) is 11.1 Å². The Morgan fingerprint density at radius 3 is 2.57 bits per heavy atom. The summed E-state index contributed by atoms with van der Waals surface area (Å²) in [5.41, 5.74) is 7.59. The second-order valence-corrected chi connectivity index (χ2v) is 4.47. The van der Waals surface area contributed by atoms with Gasteiger partial charge in [0.15, 0.2) is 0 Å². The van der Waals surface area contributed by atoms with Crippen molar-refractivity contribution in [2.45, 2.75) is 23.8 Å². The van der Waals surface area contributed by atoms with Gasteiger partial charge >= 0.3 is 0 Å². The van der Waals surface area contributed by atoms with Crippen LogP contribution in [0, 0.1) is 0 Å². The summed E-state index contributed by atoms with van der Waals surface area (Å²) in [6.45, 7) is 1.52. The van der Waals surface area contributed by atoms with Crippen LogP contribution in [0.5, 0.6) is 0 Å². The van der Waals surface area contributed by atoms with Gasteiger partial charge in [0.1, 0.15) is 0 Å². The molecule has 74 valence electrons. The van der Waals surface area contributed by atoms with E-state index in [1.165, 1.54) is 5.56 Å². The maximum absolute atomic E-state index is 6.31. The molecule has 0 spiro atoms.